The zero-order valence-electron chi connectivity index (χ0n) is 8.04. The smallest absolute Gasteiger partial charge is 0.353 e. The fraction of sp³-hybridized carbons (Fsp3) is 0. The number of nitrogens with zero attached hydrogens (tertiary/aromatic N) is 2. The Morgan fingerprint density at radius 2 is 2.19 bits per heavy atom. The van der Waals surface area contributed by atoms with Crippen LogP contribution in [0, 0.1) is 0 Å². The molecular weight excluding hydrogens is 208 g/mol. The molecule has 5 nitrogen and oxygen atoms in total. The second-order valence-corrected chi connectivity index (χ2v) is 3.49. The van der Waals surface area contributed by atoms with E-state index in [1.165, 1.54) is 10.7 Å². The van der Waals surface area contributed by atoms with E-state index in [4.69, 9.17) is 5.11 Å². The van der Waals surface area contributed by atoms with Crippen molar-refractivity contribution in [1.29, 1.82) is 0 Å². The molecule has 0 aliphatic heterocycles. The molecule has 0 saturated heterocycles. The van der Waals surface area contributed by atoms with Crippen LogP contribution in [-0.2, 0) is 0 Å². The van der Waals surface area contributed by atoms with Crippen molar-refractivity contribution in [3.8, 4) is 0 Å². The highest BCUT2D eigenvalue weighted by atomic mass is 16.4. The summed E-state index contributed by atoms with van der Waals surface area (Å²) in [5.74, 6) is -1.14. The number of hydrogen-bond acceptors (Lipinski definition) is 3. The maximum Gasteiger partial charge on any atom is 0.353 e. The molecule has 0 unspecified atom stereocenters. The molecule has 0 radical (unpaired) electrons. The molecule has 0 amide bonds. The molecule has 16 heavy (non-hydrogen) atoms. The fourth-order valence-corrected chi connectivity index (χ4v) is 1.88. The predicted molar refractivity (Wildman–Crippen MR) is 57.1 cm³/mol. The maximum absolute atomic E-state index is 11.7. The van der Waals surface area contributed by atoms with Gasteiger partial charge < -0.3 is 5.11 Å². The number of para-hydroxylation sites is 1. The van der Waals surface area contributed by atoms with Gasteiger partial charge in [-0.15, -0.1) is 0 Å². The van der Waals surface area contributed by atoms with E-state index in [0.717, 1.165) is 6.07 Å². The summed E-state index contributed by atoms with van der Waals surface area (Å²) in [6.07, 6.45) is 1.42. The number of benzene rings is 1. The van der Waals surface area contributed by atoms with Crippen molar-refractivity contribution in [3.05, 3.63) is 46.5 Å². The predicted octanol–water partition coefficient (Wildman–Crippen LogP) is 0.984. The van der Waals surface area contributed by atoms with Crippen LogP contribution in [-0.4, -0.2) is 20.5 Å². The second-order valence-electron chi connectivity index (χ2n) is 3.49. The van der Waals surface area contributed by atoms with Crippen molar-refractivity contribution in [1.82, 2.24) is 9.38 Å². The number of imidazole rings is 1. The number of pyridine rings is 1. The normalized spacial score (nSPS) is 11.2. The summed E-state index contributed by atoms with van der Waals surface area (Å²) in [5.41, 5.74) is 0.826. The molecule has 0 bridgehead atoms. The van der Waals surface area contributed by atoms with Crippen LogP contribution in [0.1, 0.15) is 10.5 Å². The lowest BCUT2D eigenvalue weighted by molar-refractivity contribution is 0.0689. The van der Waals surface area contributed by atoms with Crippen molar-refractivity contribution < 1.29 is 9.90 Å². The van der Waals surface area contributed by atoms with E-state index in [0.29, 0.717) is 16.4 Å². The van der Waals surface area contributed by atoms with Crippen LogP contribution in [0.2, 0.25) is 0 Å². The van der Waals surface area contributed by atoms with Gasteiger partial charge in [0.05, 0.1) is 11.0 Å². The van der Waals surface area contributed by atoms with Crippen LogP contribution in [0.3, 0.4) is 0 Å². The molecule has 3 rings (SSSR count). The zero-order valence-corrected chi connectivity index (χ0v) is 8.04. The molecule has 0 fully saturated rings. The first-order valence-corrected chi connectivity index (χ1v) is 4.64. The summed E-state index contributed by atoms with van der Waals surface area (Å²) in [4.78, 5) is 26.7. The minimum atomic E-state index is -1.14. The second kappa shape index (κ2) is 2.79. The Kier molecular flexibility index (Phi) is 1.54. The average molecular weight is 214 g/mol. The van der Waals surface area contributed by atoms with Gasteiger partial charge in [-0.2, -0.15) is 0 Å². The molecule has 5 heteroatoms. The van der Waals surface area contributed by atoms with Gasteiger partial charge in [0.2, 0.25) is 0 Å². The van der Waals surface area contributed by atoms with Gasteiger partial charge in [-0.3, -0.25) is 9.20 Å². The molecule has 0 saturated carbocycles. The molecule has 2 heterocycles. The molecule has 1 aromatic carbocycles. The van der Waals surface area contributed by atoms with Crippen molar-refractivity contribution in [2.75, 3.05) is 0 Å². The van der Waals surface area contributed by atoms with Crippen molar-refractivity contribution >= 4 is 22.4 Å². The lowest BCUT2D eigenvalue weighted by atomic mass is 10.2. The highest BCUT2D eigenvalue weighted by Gasteiger charge is 2.14. The number of hydrogen-bond donors (Lipinski definition) is 1. The summed E-state index contributed by atoms with van der Waals surface area (Å²) in [6.45, 7) is 0. The van der Waals surface area contributed by atoms with Gasteiger partial charge in [-0.1, -0.05) is 6.07 Å². The molecule has 0 spiro atoms. The van der Waals surface area contributed by atoms with Gasteiger partial charge in [0.25, 0.3) is 0 Å². The number of aromatic carboxylic acids is 1. The van der Waals surface area contributed by atoms with Crippen molar-refractivity contribution in [3.63, 3.8) is 0 Å². The van der Waals surface area contributed by atoms with Gasteiger partial charge in [0.15, 0.2) is 5.43 Å². The Bertz CT molecular complexity index is 760. The van der Waals surface area contributed by atoms with E-state index in [9.17, 15) is 9.59 Å². The molecule has 0 aliphatic carbocycles. The van der Waals surface area contributed by atoms with Crippen LogP contribution >= 0.6 is 0 Å². The summed E-state index contributed by atoms with van der Waals surface area (Å²) in [6, 6.07) is 6.25. The molecule has 3 aromatic rings. The molecule has 78 valence electrons. The van der Waals surface area contributed by atoms with E-state index in [2.05, 4.69) is 4.98 Å². The Morgan fingerprint density at radius 3 is 2.94 bits per heavy atom. The van der Waals surface area contributed by atoms with Gasteiger partial charge in [-0.05, 0) is 12.1 Å². The van der Waals surface area contributed by atoms with Crippen molar-refractivity contribution in [2.24, 2.45) is 0 Å². The van der Waals surface area contributed by atoms with Gasteiger partial charge >= 0.3 is 5.97 Å². The molecule has 2 aromatic heterocycles. The SMILES string of the molecule is O=C(O)c1cc(=O)c2cccc3ncn1c32. The number of carboxylic acids is 1. The van der Waals surface area contributed by atoms with Crippen LogP contribution in [0.15, 0.2) is 35.4 Å². The molecule has 0 aliphatic rings. The number of aromatic nitrogens is 2. The number of carbonyl (C=O) groups is 1. The first-order chi connectivity index (χ1) is 7.68. The summed E-state index contributed by atoms with van der Waals surface area (Å²) in [7, 11) is 0. The highest BCUT2D eigenvalue weighted by Crippen LogP contribution is 2.18. The molecule has 1 N–H and O–H groups in total. The quantitative estimate of drug-likeness (QED) is 0.655. The first kappa shape index (κ1) is 8.84. The molecule has 0 atom stereocenters. The third kappa shape index (κ3) is 0.967. The Balaban J connectivity index is 2.68. The number of carboxylic acid groups (broad SMARTS) is 1. The lowest BCUT2D eigenvalue weighted by Gasteiger charge is -2.02. The standard InChI is InChI=1S/C11H6N2O3/c14-9-4-8(11(15)16)13-5-12-7-3-1-2-6(9)10(7)13/h1-5H,(H,15,16). The fourth-order valence-electron chi connectivity index (χ4n) is 1.88. The summed E-state index contributed by atoms with van der Waals surface area (Å²) >= 11 is 0. The largest absolute Gasteiger partial charge is 0.477 e. The highest BCUT2D eigenvalue weighted by molar-refractivity contribution is 5.97. The monoisotopic (exact) mass is 214 g/mol. The Hall–Kier alpha value is -2.43. The maximum atomic E-state index is 11.7. The van der Waals surface area contributed by atoms with Crippen LogP contribution < -0.4 is 5.43 Å². The van der Waals surface area contributed by atoms with Gasteiger partial charge in [0, 0.05) is 11.5 Å². The minimum absolute atomic E-state index is 0.0637. The lowest BCUT2D eigenvalue weighted by Crippen LogP contribution is -2.12. The van der Waals surface area contributed by atoms with E-state index in [1.807, 2.05) is 0 Å². The number of rotatable bonds is 1. The van der Waals surface area contributed by atoms with Gasteiger partial charge in [0.1, 0.15) is 12.0 Å². The Labute approximate surface area is 88.9 Å². The van der Waals surface area contributed by atoms with E-state index in [-0.39, 0.29) is 11.1 Å². The third-order valence-electron chi connectivity index (χ3n) is 2.58. The third-order valence-corrected chi connectivity index (χ3v) is 2.58. The summed E-state index contributed by atoms with van der Waals surface area (Å²) < 4.78 is 1.42. The first-order valence-electron chi connectivity index (χ1n) is 4.64. The van der Waals surface area contributed by atoms with Crippen molar-refractivity contribution in [2.45, 2.75) is 0 Å². The average Bonchev–Trinajstić information content (AvgIpc) is 2.68. The van der Waals surface area contributed by atoms with Crippen LogP contribution in [0.4, 0.5) is 0 Å². The molecular formula is C11H6N2O3. The van der Waals surface area contributed by atoms with Gasteiger partial charge in [-0.25, -0.2) is 9.78 Å². The van der Waals surface area contributed by atoms with Crippen LogP contribution in [0.5, 0.6) is 0 Å². The van der Waals surface area contributed by atoms with Crippen LogP contribution in [0.25, 0.3) is 16.4 Å². The topological polar surface area (TPSA) is 71.7 Å². The van der Waals surface area contributed by atoms with E-state index in [1.54, 1.807) is 18.2 Å². The summed E-state index contributed by atoms with van der Waals surface area (Å²) in [5, 5.41) is 9.47. The Morgan fingerprint density at radius 1 is 1.38 bits per heavy atom. The van der Waals surface area contributed by atoms with E-state index >= 15 is 0 Å². The van der Waals surface area contributed by atoms with E-state index < -0.39 is 5.97 Å². The zero-order chi connectivity index (χ0) is 11.3. The minimum Gasteiger partial charge on any atom is -0.477 e.